The van der Waals surface area contributed by atoms with E-state index in [4.69, 9.17) is 0 Å². The largest absolute Gasteiger partial charge is 0.347 e. The van der Waals surface area contributed by atoms with Gasteiger partial charge in [0, 0.05) is 14.1 Å². The van der Waals surface area contributed by atoms with Gasteiger partial charge in [0.25, 0.3) is 0 Å². The predicted octanol–water partition coefficient (Wildman–Crippen LogP) is 2.73. The first kappa shape index (κ1) is 15.0. The highest BCUT2D eigenvalue weighted by Crippen LogP contribution is 2.29. The van der Waals surface area contributed by atoms with Gasteiger partial charge in [0.2, 0.25) is 5.91 Å². The summed E-state index contributed by atoms with van der Waals surface area (Å²) in [5.41, 5.74) is 2.75. The normalized spacial score (nSPS) is 22.9. The topological polar surface area (TPSA) is 32.3 Å². The number of benzene rings is 1. The molecule has 0 aliphatic carbocycles. The molecule has 1 heterocycles. The number of carbonyl (C=O) groups excluding carboxylic acids is 1. The van der Waals surface area contributed by atoms with Gasteiger partial charge in [-0.15, -0.1) is 0 Å². The van der Waals surface area contributed by atoms with E-state index >= 15 is 0 Å². The summed E-state index contributed by atoms with van der Waals surface area (Å²) in [6.07, 6.45) is 2.01. The molecule has 1 saturated heterocycles. The van der Waals surface area contributed by atoms with Crippen molar-refractivity contribution in [3.63, 3.8) is 0 Å². The van der Waals surface area contributed by atoms with Crippen molar-refractivity contribution in [1.82, 2.24) is 10.2 Å². The highest BCUT2D eigenvalue weighted by Gasteiger charge is 2.28. The number of amides is 1. The van der Waals surface area contributed by atoms with Crippen LogP contribution >= 0.6 is 0 Å². The van der Waals surface area contributed by atoms with Crippen LogP contribution in [0.1, 0.15) is 49.7 Å². The molecule has 3 nitrogen and oxygen atoms in total. The lowest BCUT2D eigenvalue weighted by Crippen LogP contribution is -2.47. The summed E-state index contributed by atoms with van der Waals surface area (Å²) in [5.74, 6) is 1.25. The van der Waals surface area contributed by atoms with Crippen molar-refractivity contribution in [3.8, 4) is 0 Å². The van der Waals surface area contributed by atoms with Crippen LogP contribution in [0.15, 0.2) is 24.3 Å². The van der Waals surface area contributed by atoms with E-state index in [1.165, 1.54) is 11.1 Å². The lowest BCUT2D eigenvalue weighted by atomic mass is 9.85. The Morgan fingerprint density at radius 1 is 1.25 bits per heavy atom. The lowest BCUT2D eigenvalue weighted by Gasteiger charge is -2.31. The van der Waals surface area contributed by atoms with Crippen molar-refractivity contribution >= 4 is 5.91 Å². The van der Waals surface area contributed by atoms with Gasteiger partial charge < -0.3 is 10.2 Å². The molecule has 2 atom stereocenters. The van der Waals surface area contributed by atoms with E-state index in [2.05, 4.69) is 43.4 Å². The molecule has 1 aromatic rings. The highest BCUT2D eigenvalue weighted by molar-refractivity contribution is 5.81. The molecule has 1 aromatic carbocycles. The zero-order valence-electron chi connectivity index (χ0n) is 13.0. The molecule has 2 rings (SSSR count). The lowest BCUT2D eigenvalue weighted by molar-refractivity contribution is -0.131. The fourth-order valence-corrected chi connectivity index (χ4v) is 2.87. The summed E-state index contributed by atoms with van der Waals surface area (Å²) in [7, 11) is 3.65. The SMILES string of the molecule is CC(C)c1ccc(C2CCNC(C(=O)N(C)C)C2)cc1. The second kappa shape index (κ2) is 6.40. The second-order valence-corrected chi connectivity index (χ2v) is 6.28. The summed E-state index contributed by atoms with van der Waals surface area (Å²) in [6, 6.07) is 8.90. The molecule has 0 radical (unpaired) electrons. The first-order chi connectivity index (χ1) is 9.49. The Kier molecular flexibility index (Phi) is 4.81. The Morgan fingerprint density at radius 3 is 2.45 bits per heavy atom. The first-order valence-corrected chi connectivity index (χ1v) is 7.53. The summed E-state index contributed by atoms with van der Waals surface area (Å²) in [5, 5.41) is 3.34. The minimum absolute atomic E-state index is 0.0338. The van der Waals surface area contributed by atoms with Gasteiger partial charge in [-0.1, -0.05) is 38.1 Å². The van der Waals surface area contributed by atoms with Crippen LogP contribution in [0.25, 0.3) is 0 Å². The van der Waals surface area contributed by atoms with Crippen molar-refractivity contribution in [2.24, 2.45) is 0 Å². The van der Waals surface area contributed by atoms with Gasteiger partial charge in [0.05, 0.1) is 6.04 Å². The average Bonchev–Trinajstić information content (AvgIpc) is 2.46. The minimum atomic E-state index is -0.0338. The van der Waals surface area contributed by atoms with Crippen LogP contribution in [0.2, 0.25) is 0 Å². The third-order valence-electron chi connectivity index (χ3n) is 4.22. The Morgan fingerprint density at radius 2 is 1.90 bits per heavy atom. The van der Waals surface area contributed by atoms with Gasteiger partial charge in [-0.25, -0.2) is 0 Å². The fraction of sp³-hybridized carbons (Fsp3) is 0.588. The molecule has 1 aliphatic rings. The average molecular weight is 274 g/mol. The van der Waals surface area contributed by atoms with Crippen LogP contribution in [0, 0.1) is 0 Å². The van der Waals surface area contributed by atoms with E-state index in [-0.39, 0.29) is 11.9 Å². The van der Waals surface area contributed by atoms with Crippen molar-refractivity contribution in [3.05, 3.63) is 35.4 Å². The first-order valence-electron chi connectivity index (χ1n) is 7.53. The van der Waals surface area contributed by atoms with Crippen LogP contribution < -0.4 is 5.32 Å². The van der Waals surface area contributed by atoms with Crippen LogP contribution in [0.3, 0.4) is 0 Å². The van der Waals surface area contributed by atoms with E-state index in [0.717, 1.165) is 19.4 Å². The predicted molar refractivity (Wildman–Crippen MR) is 83.0 cm³/mol. The molecule has 2 unspecified atom stereocenters. The highest BCUT2D eigenvalue weighted by atomic mass is 16.2. The molecule has 3 heteroatoms. The Labute approximate surface area is 122 Å². The zero-order valence-corrected chi connectivity index (χ0v) is 13.0. The quantitative estimate of drug-likeness (QED) is 0.919. The molecule has 0 aromatic heterocycles. The third-order valence-corrected chi connectivity index (χ3v) is 4.22. The van der Waals surface area contributed by atoms with Crippen LogP contribution in [0.5, 0.6) is 0 Å². The summed E-state index contributed by atoms with van der Waals surface area (Å²) < 4.78 is 0. The molecule has 0 bridgehead atoms. The van der Waals surface area contributed by atoms with E-state index in [1.807, 2.05) is 14.1 Å². The molecule has 0 spiro atoms. The number of piperidine rings is 1. The zero-order chi connectivity index (χ0) is 14.7. The number of hydrogen-bond donors (Lipinski definition) is 1. The van der Waals surface area contributed by atoms with Gasteiger partial charge in [-0.2, -0.15) is 0 Å². The molecule has 1 aliphatic heterocycles. The maximum Gasteiger partial charge on any atom is 0.239 e. The molecule has 0 saturated carbocycles. The van der Waals surface area contributed by atoms with Crippen molar-refractivity contribution in [2.45, 2.75) is 44.6 Å². The number of nitrogens with zero attached hydrogens (tertiary/aromatic N) is 1. The van der Waals surface area contributed by atoms with Crippen LogP contribution in [-0.4, -0.2) is 37.5 Å². The standard InChI is InChI=1S/C17H26N2O/c1-12(2)13-5-7-14(8-6-13)15-9-10-18-16(11-15)17(20)19(3)4/h5-8,12,15-16,18H,9-11H2,1-4H3. The number of rotatable bonds is 3. The fourth-order valence-electron chi connectivity index (χ4n) is 2.87. The summed E-state index contributed by atoms with van der Waals surface area (Å²) in [4.78, 5) is 13.8. The van der Waals surface area contributed by atoms with Gasteiger partial charge in [0.15, 0.2) is 0 Å². The van der Waals surface area contributed by atoms with E-state index < -0.39 is 0 Å². The maximum atomic E-state index is 12.1. The van der Waals surface area contributed by atoms with Crippen LogP contribution in [0.4, 0.5) is 0 Å². The third kappa shape index (κ3) is 3.40. The second-order valence-electron chi connectivity index (χ2n) is 6.28. The molecule has 1 N–H and O–H groups in total. The molecule has 1 amide bonds. The van der Waals surface area contributed by atoms with Gasteiger partial charge in [-0.05, 0) is 42.3 Å². The molecule has 20 heavy (non-hydrogen) atoms. The monoisotopic (exact) mass is 274 g/mol. The van der Waals surface area contributed by atoms with Gasteiger partial charge >= 0.3 is 0 Å². The summed E-state index contributed by atoms with van der Waals surface area (Å²) >= 11 is 0. The number of nitrogens with one attached hydrogen (secondary N) is 1. The van der Waals surface area contributed by atoms with Crippen LogP contribution in [-0.2, 0) is 4.79 Å². The smallest absolute Gasteiger partial charge is 0.239 e. The Hall–Kier alpha value is -1.35. The molecular formula is C17H26N2O. The van der Waals surface area contributed by atoms with Crippen molar-refractivity contribution < 1.29 is 4.79 Å². The number of carbonyl (C=O) groups is 1. The van der Waals surface area contributed by atoms with Gasteiger partial charge in [-0.3, -0.25) is 4.79 Å². The van der Waals surface area contributed by atoms with E-state index in [9.17, 15) is 4.79 Å². The molecular weight excluding hydrogens is 248 g/mol. The molecule has 110 valence electrons. The Bertz CT molecular complexity index is 451. The number of hydrogen-bond acceptors (Lipinski definition) is 2. The maximum absolute atomic E-state index is 12.1. The molecule has 1 fully saturated rings. The van der Waals surface area contributed by atoms with E-state index in [0.29, 0.717) is 11.8 Å². The Balaban J connectivity index is 2.07. The minimum Gasteiger partial charge on any atom is -0.347 e. The van der Waals surface area contributed by atoms with E-state index in [1.54, 1.807) is 4.90 Å². The number of likely N-dealkylation sites (N-methyl/N-ethyl adjacent to an activating group) is 1. The van der Waals surface area contributed by atoms with Gasteiger partial charge in [0.1, 0.15) is 0 Å². The van der Waals surface area contributed by atoms with Crippen molar-refractivity contribution in [1.29, 1.82) is 0 Å². The summed E-state index contributed by atoms with van der Waals surface area (Å²) in [6.45, 7) is 5.34. The van der Waals surface area contributed by atoms with Crippen molar-refractivity contribution in [2.75, 3.05) is 20.6 Å².